The lowest BCUT2D eigenvalue weighted by Gasteiger charge is -2.42. The third-order valence-electron chi connectivity index (χ3n) is 7.88. The highest BCUT2D eigenvalue weighted by atomic mass is 19.4. The van der Waals surface area contributed by atoms with E-state index < -0.39 is 12.1 Å². The summed E-state index contributed by atoms with van der Waals surface area (Å²) >= 11 is 0. The first-order valence-electron chi connectivity index (χ1n) is 12.8. The fourth-order valence-corrected chi connectivity index (χ4v) is 5.16. The molecule has 0 aromatic carbocycles. The van der Waals surface area contributed by atoms with E-state index >= 15 is 0 Å². The maximum atomic E-state index is 10.6. The number of carbonyl (C=O) groups is 1. The molecule has 3 saturated carbocycles. The zero-order valence-electron chi connectivity index (χ0n) is 20.6. The number of nitrogens with zero attached hydrogens (tertiary/aromatic N) is 5. The van der Waals surface area contributed by atoms with E-state index in [9.17, 15) is 13.2 Å². The number of carboxylic acids is 1. The van der Waals surface area contributed by atoms with Gasteiger partial charge in [-0.05, 0) is 76.8 Å². The van der Waals surface area contributed by atoms with Crippen LogP contribution in [0, 0.1) is 11.3 Å². The number of alkyl halides is 3. The molecule has 3 aliphatic carbocycles. The molecular weight excluding hydrogens is 461 g/mol. The van der Waals surface area contributed by atoms with Crippen molar-refractivity contribution in [2.24, 2.45) is 11.3 Å². The number of carboxylic acid groups (broad SMARTS) is 1. The van der Waals surface area contributed by atoms with Gasteiger partial charge in [-0.25, -0.2) is 4.79 Å². The van der Waals surface area contributed by atoms with Crippen LogP contribution in [0.1, 0.15) is 76.0 Å². The highest BCUT2D eigenvalue weighted by Gasteiger charge is 2.48. The Morgan fingerprint density at radius 2 is 1.77 bits per heavy atom. The van der Waals surface area contributed by atoms with E-state index in [4.69, 9.17) is 24.9 Å². The fraction of sp³-hybridized carbons (Fsp3) is 0.833. The second-order valence-corrected chi connectivity index (χ2v) is 10.8. The molecule has 5 rings (SSSR count). The van der Waals surface area contributed by atoms with Crippen LogP contribution < -0.4 is 10.2 Å². The van der Waals surface area contributed by atoms with Gasteiger partial charge in [-0.1, -0.05) is 12.8 Å². The highest BCUT2D eigenvalue weighted by molar-refractivity contribution is 5.73. The molecule has 0 bridgehead atoms. The lowest BCUT2D eigenvalue weighted by molar-refractivity contribution is -0.192. The third kappa shape index (κ3) is 6.74. The molecule has 0 spiro atoms. The molecule has 11 heteroatoms. The van der Waals surface area contributed by atoms with Crippen LogP contribution in [-0.4, -0.2) is 76.9 Å². The third-order valence-corrected chi connectivity index (χ3v) is 7.88. The van der Waals surface area contributed by atoms with Crippen molar-refractivity contribution in [3.05, 3.63) is 5.82 Å². The largest absolute Gasteiger partial charge is 0.490 e. The number of nitrogens with one attached hydrogen (secondary N) is 1. The van der Waals surface area contributed by atoms with Gasteiger partial charge in [-0.2, -0.15) is 28.1 Å². The number of rotatable bonds is 7. The van der Waals surface area contributed by atoms with Gasteiger partial charge in [-0.15, -0.1) is 0 Å². The minimum absolute atomic E-state index is 0.533. The van der Waals surface area contributed by atoms with Gasteiger partial charge >= 0.3 is 12.1 Å². The Bertz CT molecular complexity index is 885. The Balaban J connectivity index is 0.000000364. The molecule has 4 aliphatic rings. The van der Waals surface area contributed by atoms with Crippen molar-refractivity contribution in [2.75, 3.05) is 43.9 Å². The number of aromatic nitrogens is 3. The normalized spacial score (nSPS) is 24.2. The molecule has 2 N–H and O–H groups in total. The van der Waals surface area contributed by atoms with Crippen molar-refractivity contribution in [1.29, 1.82) is 0 Å². The summed E-state index contributed by atoms with van der Waals surface area (Å²) in [6.07, 6.45) is 8.17. The zero-order valence-corrected chi connectivity index (χ0v) is 20.6. The average Bonchev–Trinajstić information content (AvgIpc) is 3.64. The van der Waals surface area contributed by atoms with Gasteiger partial charge in [0.25, 0.3) is 0 Å². The minimum Gasteiger partial charge on any atom is -0.475 e. The number of hydrogen-bond donors (Lipinski definition) is 2. The lowest BCUT2D eigenvalue weighted by Crippen LogP contribution is -2.40. The summed E-state index contributed by atoms with van der Waals surface area (Å²) in [7, 11) is 4.39. The van der Waals surface area contributed by atoms with Crippen LogP contribution in [0.4, 0.5) is 25.1 Å². The molecule has 196 valence electrons. The van der Waals surface area contributed by atoms with Gasteiger partial charge in [0.15, 0.2) is 0 Å². The summed E-state index contributed by atoms with van der Waals surface area (Å²) < 4.78 is 31.7. The molecule has 1 saturated heterocycles. The fourth-order valence-electron chi connectivity index (χ4n) is 5.16. The average molecular weight is 499 g/mol. The van der Waals surface area contributed by atoms with Crippen LogP contribution in [-0.2, 0) is 4.79 Å². The molecule has 1 aromatic rings. The molecule has 1 aromatic heterocycles. The van der Waals surface area contributed by atoms with Crippen LogP contribution in [0.15, 0.2) is 0 Å². The molecule has 1 aliphatic heterocycles. The van der Waals surface area contributed by atoms with Gasteiger partial charge in [0.2, 0.25) is 11.9 Å². The maximum Gasteiger partial charge on any atom is 0.490 e. The van der Waals surface area contributed by atoms with E-state index in [0.29, 0.717) is 17.4 Å². The van der Waals surface area contributed by atoms with Gasteiger partial charge < -0.3 is 20.2 Å². The van der Waals surface area contributed by atoms with Crippen LogP contribution in [0.25, 0.3) is 0 Å². The monoisotopic (exact) mass is 498 g/mol. The Morgan fingerprint density at radius 3 is 2.29 bits per heavy atom. The van der Waals surface area contributed by atoms with Crippen LogP contribution in [0.3, 0.4) is 0 Å². The Morgan fingerprint density at radius 1 is 1.09 bits per heavy atom. The van der Waals surface area contributed by atoms with E-state index in [-0.39, 0.29) is 0 Å². The standard InChI is InChI=1S/C22H36N6.C2HF3O2/c1-27(2)18-6-3-4-13-28(14-18)21-25-19(16-7-8-16)24-20(26-21)23-15-22(11-5-12-22)17-9-10-17;3-2(4,5)1(6)7/h16-18H,3-15H2,1-2H3,(H,23,24,25,26);(H,6,7). The Labute approximate surface area is 204 Å². The van der Waals surface area contributed by atoms with E-state index in [2.05, 4.69) is 29.2 Å². The van der Waals surface area contributed by atoms with Gasteiger partial charge in [-0.3, -0.25) is 0 Å². The van der Waals surface area contributed by atoms with Gasteiger partial charge in [0, 0.05) is 31.6 Å². The SMILES string of the molecule is CN(C)C1CCCCN(c2nc(NCC3(C4CC4)CCC3)nc(C3CC3)n2)C1.O=C(O)C(F)(F)F. The molecule has 4 fully saturated rings. The predicted octanol–water partition coefficient (Wildman–Crippen LogP) is 4.30. The smallest absolute Gasteiger partial charge is 0.475 e. The van der Waals surface area contributed by atoms with Gasteiger partial charge in [0.05, 0.1) is 0 Å². The van der Waals surface area contributed by atoms with Crippen LogP contribution in [0.2, 0.25) is 0 Å². The van der Waals surface area contributed by atoms with Crippen LogP contribution >= 0.6 is 0 Å². The lowest BCUT2D eigenvalue weighted by atomic mass is 9.65. The topological polar surface area (TPSA) is 94.5 Å². The second-order valence-electron chi connectivity index (χ2n) is 10.8. The summed E-state index contributed by atoms with van der Waals surface area (Å²) in [4.78, 5) is 28.3. The number of likely N-dealkylation sites (N-methyl/N-ethyl adjacent to an activating group) is 1. The number of halogens is 3. The van der Waals surface area contributed by atoms with E-state index in [1.54, 1.807) is 0 Å². The van der Waals surface area contributed by atoms with E-state index in [1.165, 1.54) is 64.2 Å². The summed E-state index contributed by atoms with van der Waals surface area (Å²) in [6.45, 7) is 3.13. The minimum atomic E-state index is -5.08. The maximum absolute atomic E-state index is 10.6. The Kier molecular flexibility index (Phi) is 7.73. The molecule has 35 heavy (non-hydrogen) atoms. The Hall–Kier alpha value is -2.17. The highest BCUT2D eigenvalue weighted by Crippen LogP contribution is 2.57. The molecule has 1 atom stereocenters. The van der Waals surface area contributed by atoms with Crippen molar-refractivity contribution in [2.45, 2.75) is 82.3 Å². The van der Waals surface area contributed by atoms with Crippen molar-refractivity contribution >= 4 is 17.9 Å². The summed E-state index contributed by atoms with van der Waals surface area (Å²) in [5.41, 5.74) is 0.533. The molecule has 2 heterocycles. The first-order valence-corrected chi connectivity index (χ1v) is 12.8. The first kappa shape index (κ1) is 25.9. The summed E-state index contributed by atoms with van der Waals surface area (Å²) in [6, 6.07) is 0.577. The number of hydrogen-bond acceptors (Lipinski definition) is 7. The quantitative estimate of drug-likeness (QED) is 0.575. The summed E-state index contributed by atoms with van der Waals surface area (Å²) in [5.74, 6) is 1.50. The first-order chi connectivity index (χ1) is 16.6. The molecule has 1 unspecified atom stereocenters. The number of aliphatic carboxylic acids is 1. The zero-order chi connectivity index (χ0) is 25.2. The summed E-state index contributed by atoms with van der Waals surface area (Å²) in [5, 5.41) is 10.8. The second kappa shape index (κ2) is 10.4. The molecule has 0 radical (unpaired) electrons. The predicted molar refractivity (Wildman–Crippen MR) is 127 cm³/mol. The molecular formula is C24H37F3N6O2. The van der Waals surface area contributed by atoms with E-state index in [1.807, 2.05) is 0 Å². The van der Waals surface area contributed by atoms with Crippen molar-refractivity contribution in [3.8, 4) is 0 Å². The number of anilines is 2. The van der Waals surface area contributed by atoms with Crippen LogP contribution in [0.5, 0.6) is 0 Å². The van der Waals surface area contributed by atoms with Crippen molar-refractivity contribution < 1.29 is 23.1 Å². The van der Waals surface area contributed by atoms with E-state index in [0.717, 1.165) is 43.3 Å². The van der Waals surface area contributed by atoms with Crippen molar-refractivity contribution in [3.63, 3.8) is 0 Å². The van der Waals surface area contributed by atoms with Gasteiger partial charge in [0.1, 0.15) is 5.82 Å². The van der Waals surface area contributed by atoms with Crippen molar-refractivity contribution in [1.82, 2.24) is 19.9 Å². The molecule has 8 nitrogen and oxygen atoms in total. The molecule has 0 amide bonds.